The summed E-state index contributed by atoms with van der Waals surface area (Å²) in [7, 11) is -3.77. The highest BCUT2D eigenvalue weighted by atomic mass is 32.2. The van der Waals surface area contributed by atoms with E-state index in [0.717, 1.165) is 5.56 Å². The van der Waals surface area contributed by atoms with Crippen molar-refractivity contribution in [3.8, 4) is 0 Å². The zero-order valence-corrected chi connectivity index (χ0v) is 12.0. The molecule has 1 aromatic rings. The highest BCUT2D eigenvalue weighted by molar-refractivity contribution is 7.95. The molecule has 0 saturated heterocycles. The van der Waals surface area contributed by atoms with Crippen molar-refractivity contribution in [1.82, 2.24) is 10.6 Å². The molecular formula is C13H16N2O4S. The summed E-state index contributed by atoms with van der Waals surface area (Å²) in [6.45, 7) is 2.88. The first kappa shape index (κ1) is 14.5. The van der Waals surface area contributed by atoms with Gasteiger partial charge in [0.25, 0.3) is 0 Å². The van der Waals surface area contributed by atoms with E-state index in [4.69, 9.17) is 0 Å². The van der Waals surface area contributed by atoms with Crippen molar-refractivity contribution in [2.24, 2.45) is 0 Å². The van der Waals surface area contributed by atoms with Crippen molar-refractivity contribution in [2.45, 2.75) is 24.8 Å². The second kappa shape index (κ2) is 5.26. The third-order valence-electron chi connectivity index (χ3n) is 3.10. The number of hydrogen-bond donors (Lipinski definition) is 3. The third-order valence-corrected chi connectivity index (χ3v) is 5.16. The Kier molecular flexibility index (Phi) is 3.82. The molecule has 1 atom stereocenters. The maximum Gasteiger partial charge on any atom is 0.319 e. The van der Waals surface area contributed by atoms with Gasteiger partial charge in [0.05, 0.1) is 22.4 Å². The fraction of sp³-hybridized carbons (Fsp3) is 0.308. The number of hydrogen-bond acceptors (Lipinski definition) is 4. The van der Waals surface area contributed by atoms with Gasteiger partial charge in [0.15, 0.2) is 0 Å². The fourth-order valence-electron chi connectivity index (χ4n) is 2.11. The van der Waals surface area contributed by atoms with Crippen LogP contribution in [-0.2, 0) is 9.84 Å². The summed E-state index contributed by atoms with van der Waals surface area (Å²) >= 11 is 0. The Bertz CT molecular complexity index is 662. The van der Waals surface area contributed by atoms with Crippen molar-refractivity contribution in [1.29, 1.82) is 0 Å². The molecule has 108 valence electrons. The van der Waals surface area contributed by atoms with Crippen LogP contribution in [0.5, 0.6) is 0 Å². The van der Waals surface area contributed by atoms with Gasteiger partial charge in [-0.2, -0.15) is 0 Å². The van der Waals surface area contributed by atoms with E-state index in [1.807, 2.05) is 6.92 Å². The fourth-order valence-corrected chi connectivity index (χ4v) is 3.83. The third kappa shape index (κ3) is 2.54. The predicted octanol–water partition coefficient (Wildman–Crippen LogP) is 0.674. The number of benzene rings is 1. The number of nitrogens with one attached hydrogen (secondary N) is 2. The van der Waals surface area contributed by atoms with Crippen molar-refractivity contribution in [2.75, 3.05) is 6.61 Å². The summed E-state index contributed by atoms with van der Waals surface area (Å²) in [5.74, 6) is 0. The zero-order chi connectivity index (χ0) is 14.9. The molecule has 20 heavy (non-hydrogen) atoms. The molecule has 3 N–H and O–H groups in total. The van der Waals surface area contributed by atoms with E-state index in [1.54, 1.807) is 12.1 Å². The van der Waals surface area contributed by atoms with Gasteiger partial charge in [-0.15, -0.1) is 0 Å². The van der Waals surface area contributed by atoms with Crippen LogP contribution in [0.1, 0.15) is 12.5 Å². The molecule has 0 spiro atoms. The summed E-state index contributed by atoms with van der Waals surface area (Å²) in [6.07, 6.45) is 0. The Morgan fingerprint density at radius 2 is 1.80 bits per heavy atom. The Morgan fingerprint density at radius 3 is 2.35 bits per heavy atom. The van der Waals surface area contributed by atoms with Crippen LogP contribution in [0.15, 0.2) is 39.8 Å². The first-order valence-electron chi connectivity index (χ1n) is 6.07. The van der Waals surface area contributed by atoms with Crippen molar-refractivity contribution >= 4 is 15.9 Å². The minimum Gasteiger partial charge on any atom is -0.394 e. The molecule has 2 amide bonds. The Morgan fingerprint density at radius 1 is 1.20 bits per heavy atom. The number of urea groups is 1. The van der Waals surface area contributed by atoms with Gasteiger partial charge in [0.1, 0.15) is 0 Å². The predicted molar refractivity (Wildman–Crippen MR) is 73.6 cm³/mol. The summed E-state index contributed by atoms with van der Waals surface area (Å²) in [6, 6.07) is 4.96. The molecule has 1 aliphatic rings. The van der Waals surface area contributed by atoms with Crippen molar-refractivity contribution < 1.29 is 18.3 Å². The minimum absolute atomic E-state index is 0.0107. The molecule has 7 heteroatoms. The Hall–Kier alpha value is -1.86. The van der Waals surface area contributed by atoms with Crippen LogP contribution in [0.4, 0.5) is 4.79 Å². The summed E-state index contributed by atoms with van der Waals surface area (Å²) in [5, 5.41) is 14.1. The summed E-state index contributed by atoms with van der Waals surface area (Å²) < 4.78 is 25.2. The van der Waals surface area contributed by atoms with Gasteiger partial charge >= 0.3 is 6.03 Å². The van der Waals surface area contributed by atoms with Crippen LogP contribution >= 0.6 is 0 Å². The van der Waals surface area contributed by atoms with Gasteiger partial charge in [0.2, 0.25) is 9.84 Å². The average molecular weight is 296 g/mol. The van der Waals surface area contributed by atoms with Crippen molar-refractivity contribution in [3.63, 3.8) is 0 Å². The normalized spacial score (nSPS) is 19.6. The number of sulfone groups is 1. The Balaban J connectivity index is 2.54. The lowest BCUT2D eigenvalue weighted by Crippen LogP contribution is -2.51. The molecule has 6 nitrogen and oxygen atoms in total. The lowest BCUT2D eigenvalue weighted by Gasteiger charge is -2.27. The minimum atomic E-state index is -3.77. The molecule has 0 aliphatic carbocycles. The average Bonchev–Trinajstić information content (AvgIpc) is 2.37. The lowest BCUT2D eigenvalue weighted by atomic mass is 10.2. The number of carbonyl (C=O) groups excluding carboxylic acids is 1. The van der Waals surface area contributed by atoms with Gasteiger partial charge in [-0.3, -0.25) is 0 Å². The lowest BCUT2D eigenvalue weighted by molar-refractivity contribution is 0.222. The molecule has 0 radical (unpaired) electrons. The number of allylic oxidation sites excluding steroid dienone is 1. The SMILES string of the molecule is CC1=C(S(=O)(=O)c2ccc(C)cc2)C(CO)NC(=O)N1. The molecule has 0 saturated carbocycles. The highest BCUT2D eigenvalue weighted by Gasteiger charge is 2.34. The van der Waals surface area contributed by atoms with E-state index in [0.29, 0.717) is 0 Å². The van der Waals surface area contributed by atoms with E-state index in [1.165, 1.54) is 19.1 Å². The molecule has 0 bridgehead atoms. The van der Waals surface area contributed by atoms with Crippen LogP contribution in [0.3, 0.4) is 0 Å². The van der Waals surface area contributed by atoms with E-state index >= 15 is 0 Å². The van der Waals surface area contributed by atoms with Crippen LogP contribution in [0.25, 0.3) is 0 Å². The van der Waals surface area contributed by atoms with E-state index in [9.17, 15) is 18.3 Å². The van der Waals surface area contributed by atoms with Crippen LogP contribution < -0.4 is 10.6 Å². The molecule has 0 aromatic heterocycles. The van der Waals surface area contributed by atoms with Gasteiger partial charge in [0, 0.05) is 5.70 Å². The number of aryl methyl sites for hydroxylation is 1. The number of aliphatic hydroxyl groups excluding tert-OH is 1. The standard InChI is InChI=1S/C13H16N2O4S/c1-8-3-5-10(6-4-8)20(18,19)12-9(2)14-13(17)15-11(12)7-16/h3-6,11,16H,7H2,1-2H3,(H2,14,15,17). The molecule has 1 unspecified atom stereocenters. The smallest absolute Gasteiger partial charge is 0.319 e. The summed E-state index contributed by atoms with van der Waals surface area (Å²) in [4.78, 5) is 11.5. The van der Waals surface area contributed by atoms with E-state index < -0.39 is 28.5 Å². The van der Waals surface area contributed by atoms with Gasteiger partial charge in [-0.25, -0.2) is 13.2 Å². The van der Waals surface area contributed by atoms with E-state index in [2.05, 4.69) is 10.6 Å². The highest BCUT2D eigenvalue weighted by Crippen LogP contribution is 2.26. The van der Waals surface area contributed by atoms with E-state index in [-0.39, 0.29) is 15.5 Å². The van der Waals surface area contributed by atoms with Crippen LogP contribution in [0.2, 0.25) is 0 Å². The molecule has 1 heterocycles. The number of rotatable bonds is 3. The molecule has 2 rings (SSSR count). The maximum atomic E-state index is 12.6. The molecular weight excluding hydrogens is 280 g/mol. The van der Waals surface area contributed by atoms with Crippen molar-refractivity contribution in [3.05, 3.63) is 40.4 Å². The second-order valence-corrected chi connectivity index (χ2v) is 6.56. The number of amides is 2. The van der Waals surface area contributed by atoms with Crippen LogP contribution in [-0.4, -0.2) is 32.2 Å². The monoisotopic (exact) mass is 296 g/mol. The first-order chi connectivity index (χ1) is 9.36. The molecule has 0 fully saturated rings. The largest absolute Gasteiger partial charge is 0.394 e. The van der Waals surface area contributed by atoms with Gasteiger partial charge in [-0.1, -0.05) is 17.7 Å². The summed E-state index contributed by atoms with van der Waals surface area (Å²) in [5.41, 5.74) is 1.18. The van der Waals surface area contributed by atoms with Crippen LogP contribution in [0, 0.1) is 6.92 Å². The number of aliphatic hydroxyl groups is 1. The van der Waals surface area contributed by atoms with Gasteiger partial charge in [-0.05, 0) is 26.0 Å². The second-order valence-electron chi connectivity index (χ2n) is 4.64. The quantitative estimate of drug-likeness (QED) is 0.764. The number of carbonyl (C=O) groups is 1. The topological polar surface area (TPSA) is 95.5 Å². The first-order valence-corrected chi connectivity index (χ1v) is 7.55. The zero-order valence-electron chi connectivity index (χ0n) is 11.2. The van der Waals surface area contributed by atoms with Gasteiger partial charge < -0.3 is 15.7 Å². The molecule has 1 aliphatic heterocycles. The Labute approximate surface area is 117 Å². The maximum absolute atomic E-state index is 12.6. The molecule has 1 aromatic carbocycles.